The van der Waals surface area contributed by atoms with Crippen LogP contribution >= 0.6 is 0 Å². The van der Waals surface area contributed by atoms with E-state index in [0.717, 1.165) is 23.7 Å². The molecule has 0 aromatic carbocycles. The molecule has 5 rings (SSSR count). The van der Waals surface area contributed by atoms with E-state index in [1.54, 1.807) is 5.69 Å². The fraction of sp³-hybridized carbons (Fsp3) is 0.810. The summed E-state index contributed by atoms with van der Waals surface area (Å²) in [6.07, 6.45) is 15.9. The first-order valence-corrected chi connectivity index (χ1v) is 9.81. The van der Waals surface area contributed by atoms with Gasteiger partial charge in [-0.3, -0.25) is 0 Å². The van der Waals surface area contributed by atoms with Crippen LogP contribution in [0.25, 0.3) is 0 Å². The van der Waals surface area contributed by atoms with E-state index in [9.17, 15) is 0 Å². The topological polar surface area (TPSA) is 4.93 Å². The zero-order chi connectivity index (χ0) is 14.9. The first-order valence-electron chi connectivity index (χ1n) is 9.81. The first kappa shape index (κ1) is 13.7. The van der Waals surface area contributed by atoms with Crippen molar-refractivity contribution < 1.29 is 0 Å². The van der Waals surface area contributed by atoms with Gasteiger partial charge >= 0.3 is 0 Å². The van der Waals surface area contributed by atoms with Gasteiger partial charge in [0, 0.05) is 23.3 Å². The van der Waals surface area contributed by atoms with E-state index in [-0.39, 0.29) is 0 Å². The molecule has 1 nitrogen and oxygen atoms in total. The minimum absolute atomic E-state index is 0.435. The Kier molecular flexibility index (Phi) is 2.75. The average molecular weight is 297 g/mol. The highest BCUT2D eigenvalue weighted by Crippen LogP contribution is 2.73. The van der Waals surface area contributed by atoms with Crippen molar-refractivity contribution in [2.45, 2.75) is 83.1 Å². The number of hydrogen-bond acceptors (Lipinski definition) is 0. The molecule has 22 heavy (non-hydrogen) atoms. The van der Waals surface area contributed by atoms with Crippen LogP contribution in [0.4, 0.5) is 0 Å². The molecule has 1 aromatic heterocycles. The summed E-state index contributed by atoms with van der Waals surface area (Å²) >= 11 is 0. The summed E-state index contributed by atoms with van der Waals surface area (Å²) < 4.78 is 2.68. The second-order valence-corrected chi connectivity index (χ2v) is 9.36. The molecular weight excluding hydrogens is 266 g/mol. The Morgan fingerprint density at radius 3 is 2.64 bits per heavy atom. The zero-order valence-corrected chi connectivity index (χ0v) is 14.4. The summed E-state index contributed by atoms with van der Waals surface area (Å²) in [5.41, 5.74) is 2.70. The van der Waals surface area contributed by atoms with E-state index in [4.69, 9.17) is 0 Å². The first-order chi connectivity index (χ1) is 10.6. The molecule has 0 spiro atoms. The SMILES string of the molecule is CC12CC1(C)n1cccc1C1CC(C3CCCCC3)CCC12. The number of hydrogen-bond donors (Lipinski definition) is 0. The molecule has 3 aliphatic carbocycles. The van der Waals surface area contributed by atoms with Gasteiger partial charge in [0.2, 0.25) is 0 Å². The number of nitrogens with zero attached hydrogens (tertiary/aromatic N) is 1. The van der Waals surface area contributed by atoms with E-state index < -0.39 is 0 Å². The standard InChI is InChI=1S/C21H31N/c1-20-14-21(20,2)22-12-6-9-19(22)17-13-16(10-11-18(17)20)15-7-4-3-5-8-15/h6,9,12,15-18H,3-5,7-8,10-11,13-14H2,1-2H3. The number of fused-ring (bicyclic) bond motifs is 6. The monoisotopic (exact) mass is 297 g/mol. The van der Waals surface area contributed by atoms with Gasteiger partial charge in [0.25, 0.3) is 0 Å². The lowest BCUT2D eigenvalue weighted by Crippen LogP contribution is -2.41. The second-order valence-electron chi connectivity index (χ2n) is 9.36. The summed E-state index contributed by atoms with van der Waals surface area (Å²) in [5, 5.41) is 0. The molecule has 2 heterocycles. The second kappa shape index (κ2) is 4.42. The Labute approximate surface area is 135 Å². The highest BCUT2D eigenvalue weighted by atomic mass is 15.2. The van der Waals surface area contributed by atoms with Gasteiger partial charge in [-0.15, -0.1) is 0 Å². The molecule has 0 saturated heterocycles. The molecule has 120 valence electrons. The van der Waals surface area contributed by atoms with Crippen molar-refractivity contribution in [2.75, 3.05) is 0 Å². The molecule has 3 saturated carbocycles. The van der Waals surface area contributed by atoms with Gasteiger partial charge in [-0.05, 0) is 67.9 Å². The molecule has 0 N–H and O–H groups in total. The van der Waals surface area contributed by atoms with Crippen molar-refractivity contribution in [3.05, 3.63) is 24.0 Å². The maximum atomic E-state index is 2.68. The number of rotatable bonds is 1. The van der Waals surface area contributed by atoms with E-state index in [1.807, 2.05) is 0 Å². The normalized spacial score (nSPS) is 47.5. The van der Waals surface area contributed by atoms with Gasteiger partial charge in [0.15, 0.2) is 0 Å². The molecule has 3 fully saturated rings. The van der Waals surface area contributed by atoms with Crippen molar-refractivity contribution in [3.63, 3.8) is 0 Å². The molecular formula is C21H31N. The van der Waals surface area contributed by atoms with Crippen LogP contribution in [0.2, 0.25) is 0 Å². The van der Waals surface area contributed by atoms with Crippen molar-refractivity contribution in [1.82, 2.24) is 4.57 Å². The Bertz CT molecular complexity index is 580. The predicted molar refractivity (Wildman–Crippen MR) is 91.0 cm³/mol. The van der Waals surface area contributed by atoms with Crippen LogP contribution in [-0.4, -0.2) is 4.57 Å². The van der Waals surface area contributed by atoms with Gasteiger partial charge in [-0.2, -0.15) is 0 Å². The van der Waals surface area contributed by atoms with Crippen LogP contribution in [-0.2, 0) is 5.54 Å². The maximum Gasteiger partial charge on any atom is 0.0477 e. The molecule has 5 atom stereocenters. The van der Waals surface area contributed by atoms with E-state index >= 15 is 0 Å². The van der Waals surface area contributed by atoms with Gasteiger partial charge in [0.05, 0.1) is 0 Å². The smallest absolute Gasteiger partial charge is 0.0477 e. The van der Waals surface area contributed by atoms with Crippen LogP contribution in [0.15, 0.2) is 18.3 Å². The predicted octanol–water partition coefficient (Wildman–Crippen LogP) is 5.71. The van der Waals surface area contributed by atoms with Gasteiger partial charge in [-0.25, -0.2) is 0 Å². The van der Waals surface area contributed by atoms with Gasteiger partial charge in [0.1, 0.15) is 0 Å². The van der Waals surface area contributed by atoms with Crippen molar-refractivity contribution in [2.24, 2.45) is 23.2 Å². The Balaban J connectivity index is 1.46. The zero-order valence-electron chi connectivity index (χ0n) is 14.4. The third-order valence-corrected chi connectivity index (χ3v) is 8.53. The molecule has 1 heteroatoms. The highest BCUT2D eigenvalue weighted by molar-refractivity contribution is 5.32. The fourth-order valence-corrected chi connectivity index (χ4v) is 7.03. The summed E-state index contributed by atoms with van der Waals surface area (Å²) in [5.74, 6) is 3.89. The van der Waals surface area contributed by atoms with Crippen LogP contribution in [0.1, 0.15) is 83.2 Å². The van der Waals surface area contributed by atoms with Crippen LogP contribution in [0, 0.1) is 23.2 Å². The minimum atomic E-state index is 0.435. The highest BCUT2D eigenvalue weighted by Gasteiger charge is 2.70. The van der Waals surface area contributed by atoms with E-state index in [1.165, 1.54) is 57.8 Å². The van der Waals surface area contributed by atoms with Gasteiger partial charge in [-0.1, -0.05) is 39.0 Å². The third-order valence-electron chi connectivity index (χ3n) is 8.53. The molecule has 4 aliphatic rings. The summed E-state index contributed by atoms with van der Waals surface area (Å²) in [7, 11) is 0. The van der Waals surface area contributed by atoms with Crippen molar-refractivity contribution in [1.29, 1.82) is 0 Å². The van der Waals surface area contributed by atoms with E-state index in [0.29, 0.717) is 11.0 Å². The quantitative estimate of drug-likeness (QED) is 0.626. The van der Waals surface area contributed by atoms with Crippen molar-refractivity contribution in [3.8, 4) is 0 Å². The van der Waals surface area contributed by atoms with Crippen LogP contribution in [0.5, 0.6) is 0 Å². The average Bonchev–Trinajstić information content (AvgIpc) is 2.92. The Hall–Kier alpha value is -0.720. The fourth-order valence-electron chi connectivity index (χ4n) is 7.03. The van der Waals surface area contributed by atoms with Gasteiger partial charge < -0.3 is 4.57 Å². The molecule has 0 radical (unpaired) electrons. The lowest BCUT2D eigenvalue weighted by molar-refractivity contribution is 0.0767. The maximum absolute atomic E-state index is 2.68. The summed E-state index contributed by atoms with van der Waals surface area (Å²) in [6.45, 7) is 5.11. The van der Waals surface area contributed by atoms with Crippen LogP contribution < -0.4 is 0 Å². The van der Waals surface area contributed by atoms with E-state index in [2.05, 4.69) is 36.7 Å². The van der Waals surface area contributed by atoms with Crippen molar-refractivity contribution >= 4 is 0 Å². The summed E-state index contributed by atoms with van der Waals surface area (Å²) in [6, 6.07) is 4.76. The molecule has 1 aliphatic heterocycles. The Morgan fingerprint density at radius 2 is 1.82 bits per heavy atom. The van der Waals surface area contributed by atoms with Crippen LogP contribution in [0.3, 0.4) is 0 Å². The lowest BCUT2D eigenvalue weighted by Gasteiger charge is -2.48. The molecule has 0 amide bonds. The molecule has 5 unspecified atom stereocenters. The largest absolute Gasteiger partial charge is 0.345 e. The molecule has 1 aromatic rings. The number of aromatic nitrogens is 1. The minimum Gasteiger partial charge on any atom is -0.345 e. The Morgan fingerprint density at radius 1 is 1.00 bits per heavy atom. The summed E-state index contributed by atoms with van der Waals surface area (Å²) in [4.78, 5) is 0. The lowest BCUT2D eigenvalue weighted by atomic mass is 9.60. The third kappa shape index (κ3) is 1.61. The molecule has 0 bridgehead atoms.